The van der Waals surface area contributed by atoms with E-state index >= 15 is 0 Å². The molecule has 23 heteroatoms. The number of esters is 1. The maximum absolute atomic E-state index is 11.6. The molecule has 0 aromatic carbocycles. The van der Waals surface area contributed by atoms with Crippen molar-refractivity contribution in [1.82, 2.24) is 30.9 Å². The number of ketones is 1. The number of hydrogen-bond donors (Lipinski definition) is 9. The second-order valence-corrected chi connectivity index (χ2v) is 12.9. The molecule has 1 aromatic rings. The first-order valence-corrected chi connectivity index (χ1v) is 17.4. The van der Waals surface area contributed by atoms with Gasteiger partial charge in [-0.1, -0.05) is 17.3 Å². The number of aliphatic hydroxyl groups is 6. The standard InChI is InChI=1S/C17H27N5O7.C8H14N4O5.C8H12O2/c1-8(24)12(18-9(2)25)5-4-11-6-22(21-20-11)17-14(19-10(3)26)16(28)15(27)13(7-23)29-17;1-3(14)10-5-7(16)6(15)4(2-13)17-8(5)11-12-9;1-4-5-6-7(2)8(9)10-3/h6,12-17,23,27-28H,4-5,7H2,1-3H3,(H,18,25)(H,19,26);4-8,13,15-16H,2H2,1H3,(H,10,14);1,7H,5-6H2,2-3H3/t12-,13?,14?,15+,16+,17+;4?,5?,6-,7-,8-;7-/m010/s1. The predicted octanol–water partition coefficient (Wildman–Crippen LogP) is -3.13. The minimum absolute atomic E-state index is 0.0685. The maximum Gasteiger partial charge on any atom is 0.308 e. The largest absolute Gasteiger partial charge is 0.469 e. The lowest BCUT2D eigenvalue weighted by Gasteiger charge is -2.42. The maximum atomic E-state index is 11.6. The summed E-state index contributed by atoms with van der Waals surface area (Å²) in [6.45, 7) is 5.90. The summed E-state index contributed by atoms with van der Waals surface area (Å²) in [5.41, 5.74) is 8.83. The molecule has 9 N–H and O–H groups in total. The average Bonchev–Trinajstić information content (AvgIpc) is 3.62. The Balaban J connectivity index is 0.000000488. The van der Waals surface area contributed by atoms with Gasteiger partial charge in [0.05, 0.1) is 50.2 Å². The molecule has 2 fully saturated rings. The Hall–Kier alpha value is -4.76. The molecule has 0 radical (unpaired) electrons. The summed E-state index contributed by atoms with van der Waals surface area (Å²) in [5, 5.41) is 76.7. The van der Waals surface area contributed by atoms with Crippen LogP contribution in [0.15, 0.2) is 11.3 Å². The number of rotatable bonds is 14. The first-order valence-electron chi connectivity index (χ1n) is 17.4. The number of azide groups is 1. The van der Waals surface area contributed by atoms with E-state index < -0.39 is 92.2 Å². The topological polar surface area (TPSA) is 350 Å². The minimum atomic E-state index is -1.40. The van der Waals surface area contributed by atoms with Crippen LogP contribution in [0, 0.1) is 18.3 Å². The van der Waals surface area contributed by atoms with E-state index in [-0.39, 0.29) is 23.6 Å². The molecule has 0 saturated carbocycles. The van der Waals surface area contributed by atoms with Gasteiger partial charge in [0, 0.05) is 32.1 Å². The molecular formula is C33H53N9O14. The summed E-state index contributed by atoms with van der Waals surface area (Å²) in [6, 6.07) is -2.73. The third-order valence-corrected chi connectivity index (χ3v) is 8.41. The van der Waals surface area contributed by atoms with Crippen LogP contribution in [0.2, 0.25) is 0 Å². The van der Waals surface area contributed by atoms with Gasteiger partial charge in [0.25, 0.3) is 0 Å². The second-order valence-electron chi connectivity index (χ2n) is 12.9. The average molecular weight is 800 g/mol. The summed E-state index contributed by atoms with van der Waals surface area (Å²) in [6.07, 6.45) is -1.37. The van der Waals surface area contributed by atoms with Crippen LogP contribution in [0.25, 0.3) is 10.4 Å². The normalized spacial score (nSPS) is 27.8. The lowest BCUT2D eigenvalue weighted by molar-refractivity contribution is -0.219. The molecule has 23 nitrogen and oxygen atoms in total. The fourth-order valence-electron chi connectivity index (χ4n) is 5.44. The van der Waals surface area contributed by atoms with E-state index in [2.05, 4.69) is 46.9 Å². The van der Waals surface area contributed by atoms with Crippen molar-refractivity contribution < 1.29 is 68.8 Å². The van der Waals surface area contributed by atoms with Crippen LogP contribution in [-0.4, -0.2) is 156 Å². The van der Waals surface area contributed by atoms with Crippen molar-refractivity contribution in [2.24, 2.45) is 11.0 Å². The van der Waals surface area contributed by atoms with Gasteiger partial charge in [-0.05, 0) is 31.7 Å². The highest BCUT2D eigenvalue weighted by Crippen LogP contribution is 2.28. The van der Waals surface area contributed by atoms with Crippen LogP contribution in [0.1, 0.15) is 65.8 Å². The van der Waals surface area contributed by atoms with Crippen molar-refractivity contribution in [3.63, 3.8) is 0 Å². The van der Waals surface area contributed by atoms with E-state index in [9.17, 15) is 49.5 Å². The monoisotopic (exact) mass is 799 g/mol. The Kier molecular flexibility index (Phi) is 21.7. The van der Waals surface area contributed by atoms with Crippen LogP contribution in [-0.2, 0) is 44.6 Å². The minimum Gasteiger partial charge on any atom is -0.469 e. The lowest BCUT2D eigenvalue weighted by atomic mass is 9.96. The Morgan fingerprint density at radius 1 is 0.946 bits per heavy atom. The number of terminal acetylenes is 1. The van der Waals surface area contributed by atoms with E-state index in [0.29, 0.717) is 31.4 Å². The number of ether oxygens (including phenoxy) is 3. The number of Topliss-reactive ketones (excluding diaryl/α,β-unsaturated/α-hetero) is 1. The van der Waals surface area contributed by atoms with Crippen molar-refractivity contribution in [2.75, 3.05) is 20.3 Å². The van der Waals surface area contributed by atoms with Gasteiger partial charge < -0.3 is 60.8 Å². The van der Waals surface area contributed by atoms with E-state index in [1.165, 1.54) is 45.7 Å². The van der Waals surface area contributed by atoms with Crippen molar-refractivity contribution in [3.05, 3.63) is 22.3 Å². The Bertz CT molecular complexity index is 1530. The summed E-state index contributed by atoms with van der Waals surface area (Å²) in [7, 11) is 1.38. The molecule has 314 valence electrons. The number of aliphatic hydroxyl groups excluding tert-OH is 6. The van der Waals surface area contributed by atoms with E-state index in [1.54, 1.807) is 0 Å². The number of aromatic nitrogens is 3. The molecule has 4 unspecified atom stereocenters. The smallest absolute Gasteiger partial charge is 0.308 e. The number of aryl methyl sites for hydroxylation is 1. The Labute approximate surface area is 322 Å². The summed E-state index contributed by atoms with van der Waals surface area (Å²) in [5.74, 6) is 0.804. The third-order valence-electron chi connectivity index (χ3n) is 8.41. The molecule has 2 saturated heterocycles. The van der Waals surface area contributed by atoms with Gasteiger partial charge >= 0.3 is 5.97 Å². The van der Waals surface area contributed by atoms with E-state index in [0.717, 1.165) is 0 Å². The second kappa shape index (κ2) is 24.7. The molecule has 0 spiro atoms. The fourth-order valence-corrected chi connectivity index (χ4v) is 5.44. The molecule has 2 aliphatic heterocycles. The third kappa shape index (κ3) is 15.4. The van der Waals surface area contributed by atoms with E-state index in [4.69, 9.17) is 26.5 Å². The van der Waals surface area contributed by atoms with Crippen molar-refractivity contribution in [1.29, 1.82) is 0 Å². The van der Waals surface area contributed by atoms with Gasteiger partial charge in [0.15, 0.2) is 18.2 Å². The first-order chi connectivity index (χ1) is 26.4. The first kappa shape index (κ1) is 49.3. The number of amides is 3. The molecule has 3 rings (SSSR count). The van der Waals surface area contributed by atoms with Gasteiger partial charge in [-0.2, -0.15) is 0 Å². The van der Waals surface area contributed by atoms with Crippen LogP contribution in [0.5, 0.6) is 0 Å². The number of nitrogens with zero attached hydrogens (tertiary/aromatic N) is 6. The number of hydrogen-bond acceptors (Lipinski definition) is 17. The van der Waals surface area contributed by atoms with Crippen molar-refractivity contribution in [3.8, 4) is 12.3 Å². The quantitative estimate of drug-likeness (QED) is 0.0295. The molecule has 0 bridgehead atoms. The van der Waals surface area contributed by atoms with E-state index in [1.807, 2.05) is 6.92 Å². The highest BCUT2D eigenvalue weighted by atomic mass is 16.6. The summed E-state index contributed by atoms with van der Waals surface area (Å²) in [4.78, 5) is 58.5. The van der Waals surface area contributed by atoms with Gasteiger partial charge in [-0.25, -0.2) is 4.68 Å². The molecule has 56 heavy (non-hydrogen) atoms. The zero-order valence-electron chi connectivity index (χ0n) is 32.0. The lowest BCUT2D eigenvalue weighted by Crippen LogP contribution is -2.63. The fraction of sp³-hybridized carbons (Fsp3) is 0.727. The SMILES string of the molecule is C#CCC[C@H](C)C(=O)OC.CC(=O)NC1[C@@H](O)[C@H](O)C(CO)O[C@H]1n1cc(CC[C@H](NC(C)=O)C(C)=O)nn1.CC(=O)NC1[C@H](N=[N+]=[N-])OC(CO)[C@@H](O)[C@@H]1O. The number of nitrogens with one attached hydrogen (secondary N) is 3. The summed E-state index contributed by atoms with van der Waals surface area (Å²) >= 11 is 0. The highest BCUT2D eigenvalue weighted by Gasteiger charge is 2.46. The zero-order chi connectivity index (χ0) is 42.7. The van der Waals surface area contributed by atoms with Gasteiger partial charge in [-0.3, -0.25) is 24.0 Å². The van der Waals surface area contributed by atoms with Crippen LogP contribution in [0.4, 0.5) is 0 Å². The molecule has 12 atom stereocenters. The molecular weight excluding hydrogens is 746 g/mol. The van der Waals surface area contributed by atoms with Crippen molar-refractivity contribution >= 4 is 29.5 Å². The van der Waals surface area contributed by atoms with Crippen molar-refractivity contribution in [2.45, 2.75) is 128 Å². The molecule has 1 aromatic heterocycles. The van der Waals surface area contributed by atoms with Crippen LogP contribution in [0.3, 0.4) is 0 Å². The molecule has 3 heterocycles. The number of methoxy groups -OCH3 is 1. The summed E-state index contributed by atoms with van der Waals surface area (Å²) < 4.78 is 16.5. The molecule has 2 aliphatic rings. The number of carbonyl (C=O) groups is 5. The zero-order valence-corrected chi connectivity index (χ0v) is 32.0. The highest BCUT2D eigenvalue weighted by molar-refractivity contribution is 5.86. The van der Waals surface area contributed by atoms with Gasteiger partial charge in [0.1, 0.15) is 42.7 Å². The van der Waals surface area contributed by atoms with Gasteiger partial charge in [0.2, 0.25) is 17.7 Å². The van der Waals surface area contributed by atoms with Crippen LogP contribution >= 0.6 is 0 Å². The Morgan fingerprint density at radius 2 is 1.50 bits per heavy atom. The Morgan fingerprint density at radius 3 is 1.98 bits per heavy atom. The predicted molar refractivity (Wildman–Crippen MR) is 191 cm³/mol. The van der Waals surface area contributed by atoms with Gasteiger partial charge in [-0.15, -0.1) is 17.4 Å². The number of carbonyl (C=O) groups excluding carboxylic acids is 5. The van der Waals surface area contributed by atoms with Crippen LogP contribution < -0.4 is 16.0 Å². The molecule has 0 aliphatic carbocycles. The molecule has 3 amide bonds.